The lowest BCUT2D eigenvalue weighted by Crippen LogP contribution is -2.33. The molecule has 1 aromatic heterocycles. The number of ether oxygens (including phenoxy) is 3. The van der Waals surface area contributed by atoms with Crippen molar-refractivity contribution in [3.8, 4) is 17.2 Å². The molecule has 1 N–H and O–H groups in total. The molecule has 31 heavy (non-hydrogen) atoms. The number of pyridine rings is 1. The van der Waals surface area contributed by atoms with Crippen LogP contribution in [0.5, 0.6) is 17.2 Å². The molecule has 0 saturated heterocycles. The Hall–Kier alpha value is -3.03. The number of aromatic nitrogens is 1. The van der Waals surface area contributed by atoms with Gasteiger partial charge < -0.3 is 24.4 Å². The summed E-state index contributed by atoms with van der Waals surface area (Å²) in [6.45, 7) is 1.09. The molecule has 0 bridgehead atoms. The van der Waals surface area contributed by atoms with E-state index in [1.807, 2.05) is 59.6 Å². The van der Waals surface area contributed by atoms with Crippen LogP contribution in [-0.4, -0.2) is 36.3 Å². The molecule has 0 atom stereocenters. The van der Waals surface area contributed by atoms with Gasteiger partial charge in [0.1, 0.15) is 0 Å². The zero-order valence-electron chi connectivity index (χ0n) is 17.6. The third kappa shape index (κ3) is 5.99. The molecule has 3 aromatic rings. The van der Waals surface area contributed by atoms with Crippen molar-refractivity contribution in [3.05, 3.63) is 77.1 Å². The van der Waals surface area contributed by atoms with Crippen molar-refractivity contribution in [3.63, 3.8) is 0 Å². The van der Waals surface area contributed by atoms with Crippen molar-refractivity contribution in [1.29, 1.82) is 0 Å². The molecular formula is C23H24ClN3O3S. The number of nitrogens with zero attached hydrogens (tertiary/aromatic N) is 2. The Bertz CT molecular complexity index is 991. The van der Waals surface area contributed by atoms with Crippen molar-refractivity contribution < 1.29 is 14.2 Å². The molecule has 0 radical (unpaired) electrons. The zero-order valence-corrected chi connectivity index (χ0v) is 19.2. The molecule has 0 saturated carbocycles. The van der Waals surface area contributed by atoms with E-state index in [9.17, 15) is 0 Å². The van der Waals surface area contributed by atoms with Crippen LogP contribution in [0.25, 0.3) is 0 Å². The van der Waals surface area contributed by atoms with Crippen LogP contribution in [0.1, 0.15) is 11.1 Å². The van der Waals surface area contributed by atoms with E-state index in [0.717, 1.165) is 16.8 Å². The number of thiocarbonyl (C=S) groups is 1. The second kappa shape index (κ2) is 10.8. The Morgan fingerprint density at radius 1 is 0.968 bits per heavy atom. The molecule has 0 fully saturated rings. The standard InChI is InChI=1S/C23H24ClN3O3S/c1-28-20-11-17(12-21(29-2)22(20)30-3)15-27(14-16-5-4-10-25-13-16)23(31)26-19-8-6-18(24)7-9-19/h4-13H,14-15H2,1-3H3,(H,26,31). The van der Waals surface area contributed by atoms with Crippen molar-refractivity contribution in [2.75, 3.05) is 26.6 Å². The van der Waals surface area contributed by atoms with Gasteiger partial charge in [0, 0.05) is 36.2 Å². The fourth-order valence-electron chi connectivity index (χ4n) is 3.09. The van der Waals surface area contributed by atoms with Gasteiger partial charge in [0.2, 0.25) is 5.75 Å². The van der Waals surface area contributed by atoms with Crippen LogP contribution in [0.15, 0.2) is 60.9 Å². The van der Waals surface area contributed by atoms with Crippen LogP contribution >= 0.6 is 23.8 Å². The molecule has 0 aliphatic carbocycles. The second-order valence-corrected chi connectivity index (χ2v) is 7.51. The number of methoxy groups -OCH3 is 3. The first-order valence-corrected chi connectivity index (χ1v) is 10.3. The maximum Gasteiger partial charge on any atom is 0.203 e. The third-order valence-corrected chi connectivity index (χ3v) is 5.19. The average molecular weight is 458 g/mol. The van der Waals surface area contributed by atoms with Gasteiger partial charge in [0.15, 0.2) is 16.6 Å². The summed E-state index contributed by atoms with van der Waals surface area (Å²) in [5, 5.41) is 4.52. The van der Waals surface area contributed by atoms with Crippen LogP contribution in [0, 0.1) is 0 Å². The highest BCUT2D eigenvalue weighted by molar-refractivity contribution is 7.80. The van der Waals surface area contributed by atoms with E-state index < -0.39 is 0 Å². The van der Waals surface area contributed by atoms with Gasteiger partial charge in [-0.15, -0.1) is 0 Å². The molecular weight excluding hydrogens is 434 g/mol. The SMILES string of the molecule is COc1cc(CN(Cc2cccnc2)C(=S)Nc2ccc(Cl)cc2)cc(OC)c1OC. The van der Waals surface area contributed by atoms with Gasteiger partial charge in [-0.1, -0.05) is 17.7 Å². The Morgan fingerprint density at radius 2 is 1.61 bits per heavy atom. The van der Waals surface area contributed by atoms with Crippen molar-refractivity contribution >= 4 is 34.6 Å². The monoisotopic (exact) mass is 457 g/mol. The molecule has 162 valence electrons. The molecule has 3 rings (SSSR count). The minimum Gasteiger partial charge on any atom is -0.493 e. The predicted octanol–water partition coefficient (Wildman–Crippen LogP) is 5.16. The van der Waals surface area contributed by atoms with Crippen LogP contribution < -0.4 is 19.5 Å². The second-order valence-electron chi connectivity index (χ2n) is 6.69. The number of rotatable bonds is 8. The summed E-state index contributed by atoms with van der Waals surface area (Å²) in [6, 6.07) is 15.2. The molecule has 2 aromatic carbocycles. The van der Waals surface area contributed by atoms with E-state index in [0.29, 0.717) is 40.5 Å². The van der Waals surface area contributed by atoms with E-state index in [4.69, 9.17) is 38.0 Å². The molecule has 0 unspecified atom stereocenters. The summed E-state index contributed by atoms with van der Waals surface area (Å²) >= 11 is 11.7. The van der Waals surface area contributed by atoms with Crippen molar-refractivity contribution in [2.24, 2.45) is 0 Å². The van der Waals surface area contributed by atoms with Gasteiger partial charge in [0.25, 0.3) is 0 Å². The normalized spacial score (nSPS) is 10.3. The zero-order chi connectivity index (χ0) is 22.2. The lowest BCUT2D eigenvalue weighted by molar-refractivity contribution is 0.322. The summed E-state index contributed by atoms with van der Waals surface area (Å²) in [5.41, 5.74) is 2.85. The Balaban J connectivity index is 1.89. The highest BCUT2D eigenvalue weighted by Gasteiger charge is 2.17. The Kier molecular flexibility index (Phi) is 7.92. The highest BCUT2D eigenvalue weighted by Crippen LogP contribution is 2.38. The lowest BCUT2D eigenvalue weighted by atomic mass is 10.1. The van der Waals surface area contributed by atoms with Crippen LogP contribution in [0.3, 0.4) is 0 Å². The molecule has 0 amide bonds. The molecule has 0 aliphatic rings. The lowest BCUT2D eigenvalue weighted by Gasteiger charge is -2.27. The first-order valence-electron chi connectivity index (χ1n) is 9.53. The van der Waals surface area contributed by atoms with E-state index in [2.05, 4.69) is 10.3 Å². The van der Waals surface area contributed by atoms with Crippen molar-refractivity contribution in [2.45, 2.75) is 13.1 Å². The molecule has 0 spiro atoms. The van der Waals surface area contributed by atoms with E-state index >= 15 is 0 Å². The number of hydrogen-bond acceptors (Lipinski definition) is 5. The third-order valence-electron chi connectivity index (χ3n) is 4.58. The van der Waals surface area contributed by atoms with Gasteiger partial charge in [-0.25, -0.2) is 0 Å². The minimum absolute atomic E-state index is 0.519. The number of benzene rings is 2. The fourth-order valence-corrected chi connectivity index (χ4v) is 3.47. The van der Waals surface area contributed by atoms with Gasteiger partial charge in [-0.3, -0.25) is 4.98 Å². The summed E-state index contributed by atoms with van der Waals surface area (Å²) in [4.78, 5) is 6.26. The maximum absolute atomic E-state index is 6.00. The van der Waals surface area contributed by atoms with E-state index in [-0.39, 0.29) is 0 Å². The number of hydrogen-bond donors (Lipinski definition) is 1. The summed E-state index contributed by atoms with van der Waals surface area (Å²) in [7, 11) is 4.78. The van der Waals surface area contributed by atoms with E-state index in [1.54, 1.807) is 27.5 Å². The summed E-state index contributed by atoms with van der Waals surface area (Å²) in [6.07, 6.45) is 3.57. The summed E-state index contributed by atoms with van der Waals surface area (Å²) < 4.78 is 16.4. The van der Waals surface area contributed by atoms with Crippen LogP contribution in [0.4, 0.5) is 5.69 Å². The number of anilines is 1. The van der Waals surface area contributed by atoms with Gasteiger partial charge in [-0.05, 0) is 65.8 Å². The van der Waals surface area contributed by atoms with Gasteiger partial charge in [-0.2, -0.15) is 0 Å². The topological polar surface area (TPSA) is 55.9 Å². The van der Waals surface area contributed by atoms with Crippen LogP contribution in [0.2, 0.25) is 5.02 Å². The van der Waals surface area contributed by atoms with Gasteiger partial charge in [0.05, 0.1) is 21.3 Å². The van der Waals surface area contributed by atoms with Crippen LogP contribution in [-0.2, 0) is 13.1 Å². The first kappa shape index (κ1) is 22.7. The minimum atomic E-state index is 0.519. The quantitative estimate of drug-likeness (QED) is 0.469. The first-order chi connectivity index (χ1) is 15.0. The van der Waals surface area contributed by atoms with E-state index in [1.165, 1.54) is 0 Å². The fraction of sp³-hybridized carbons (Fsp3) is 0.217. The largest absolute Gasteiger partial charge is 0.493 e. The molecule has 1 heterocycles. The predicted molar refractivity (Wildman–Crippen MR) is 127 cm³/mol. The number of nitrogens with one attached hydrogen (secondary N) is 1. The maximum atomic E-state index is 6.00. The number of halogens is 1. The van der Waals surface area contributed by atoms with Gasteiger partial charge >= 0.3 is 0 Å². The molecule has 6 nitrogen and oxygen atoms in total. The molecule has 0 aliphatic heterocycles. The Labute approximate surface area is 192 Å². The Morgan fingerprint density at radius 3 is 2.16 bits per heavy atom. The highest BCUT2D eigenvalue weighted by atomic mass is 35.5. The molecule has 8 heteroatoms. The average Bonchev–Trinajstić information content (AvgIpc) is 2.80. The smallest absolute Gasteiger partial charge is 0.203 e. The van der Waals surface area contributed by atoms with Crippen molar-refractivity contribution in [1.82, 2.24) is 9.88 Å². The summed E-state index contributed by atoms with van der Waals surface area (Å²) in [5.74, 6) is 1.74.